The van der Waals surface area contributed by atoms with Gasteiger partial charge >= 0.3 is 11.9 Å². The van der Waals surface area contributed by atoms with Crippen LogP contribution < -0.4 is 0 Å². The van der Waals surface area contributed by atoms with E-state index in [9.17, 15) is 9.59 Å². The quantitative estimate of drug-likeness (QED) is 0.471. The molecular formula is C8H12O5. The van der Waals surface area contributed by atoms with Crippen molar-refractivity contribution < 1.29 is 24.2 Å². The van der Waals surface area contributed by atoms with E-state index in [1.807, 2.05) is 0 Å². The zero-order valence-corrected chi connectivity index (χ0v) is 7.36. The Kier molecular flexibility index (Phi) is 5.54. The largest absolute Gasteiger partial charge is 0.464 e. The summed E-state index contributed by atoms with van der Waals surface area (Å²) in [6.07, 6.45) is -0.485. The molecule has 0 rings (SSSR count). The lowest BCUT2D eigenvalue weighted by atomic mass is 10.4. The molecule has 0 aliphatic heterocycles. The number of aliphatic hydroxyl groups is 1. The van der Waals surface area contributed by atoms with Crippen LogP contribution in [-0.2, 0) is 19.1 Å². The van der Waals surface area contributed by atoms with Gasteiger partial charge < -0.3 is 14.6 Å². The van der Waals surface area contributed by atoms with Gasteiger partial charge in [-0.1, -0.05) is 6.58 Å². The van der Waals surface area contributed by atoms with Crippen LogP contribution in [0.3, 0.4) is 0 Å². The van der Waals surface area contributed by atoms with E-state index in [1.165, 1.54) is 0 Å². The summed E-state index contributed by atoms with van der Waals surface area (Å²) >= 11 is 0. The van der Waals surface area contributed by atoms with Gasteiger partial charge in [0.1, 0.15) is 6.61 Å². The Hall–Kier alpha value is -1.36. The molecule has 0 fully saturated rings. The maximum absolute atomic E-state index is 10.8. The number of carbonyl (C=O) groups excluding carboxylic acids is 2. The Balaban J connectivity index is 3.73. The molecule has 5 nitrogen and oxygen atoms in total. The Labute approximate surface area is 75.9 Å². The van der Waals surface area contributed by atoms with Gasteiger partial charge in [-0.25, -0.2) is 9.59 Å². The maximum atomic E-state index is 10.8. The highest BCUT2D eigenvalue weighted by Gasteiger charge is 2.17. The number of carbonyl (C=O) groups is 2. The van der Waals surface area contributed by atoms with Crippen molar-refractivity contribution in [2.75, 3.05) is 13.2 Å². The molecule has 74 valence electrons. The third-order valence-electron chi connectivity index (χ3n) is 1.11. The van der Waals surface area contributed by atoms with Crippen molar-refractivity contribution in [2.45, 2.75) is 13.0 Å². The minimum atomic E-state index is -1.43. The van der Waals surface area contributed by atoms with Gasteiger partial charge in [-0.2, -0.15) is 0 Å². The van der Waals surface area contributed by atoms with Gasteiger partial charge in [-0.3, -0.25) is 0 Å². The van der Waals surface area contributed by atoms with E-state index < -0.39 is 24.6 Å². The summed E-state index contributed by atoms with van der Waals surface area (Å²) in [5.41, 5.74) is 0. The molecule has 13 heavy (non-hydrogen) atoms. The van der Waals surface area contributed by atoms with Gasteiger partial charge in [-0.15, -0.1) is 0 Å². The van der Waals surface area contributed by atoms with Crippen molar-refractivity contribution in [1.82, 2.24) is 0 Å². The Morgan fingerprint density at radius 3 is 2.62 bits per heavy atom. The molecule has 0 aromatic carbocycles. The van der Waals surface area contributed by atoms with Crippen LogP contribution >= 0.6 is 0 Å². The molecule has 5 heteroatoms. The van der Waals surface area contributed by atoms with Gasteiger partial charge in [0.2, 0.25) is 0 Å². The summed E-state index contributed by atoms with van der Waals surface area (Å²) in [5, 5.41) is 9.01. The van der Waals surface area contributed by atoms with Gasteiger partial charge in [0.05, 0.1) is 6.61 Å². The smallest absolute Gasteiger partial charge is 0.338 e. The average Bonchev–Trinajstić information content (AvgIpc) is 2.13. The molecule has 1 unspecified atom stereocenters. The fraction of sp³-hybridized carbons (Fsp3) is 0.500. The minimum absolute atomic E-state index is 0.172. The van der Waals surface area contributed by atoms with E-state index in [0.717, 1.165) is 6.08 Å². The summed E-state index contributed by atoms with van der Waals surface area (Å²) in [6, 6.07) is 0. The molecule has 1 atom stereocenters. The van der Waals surface area contributed by atoms with Crippen LogP contribution in [0.2, 0.25) is 0 Å². The number of hydrogen-bond donors (Lipinski definition) is 1. The van der Waals surface area contributed by atoms with Crippen molar-refractivity contribution >= 4 is 11.9 Å². The van der Waals surface area contributed by atoms with Crippen LogP contribution in [0.5, 0.6) is 0 Å². The zero-order chi connectivity index (χ0) is 10.3. The molecule has 0 saturated carbocycles. The second-order valence-corrected chi connectivity index (χ2v) is 2.10. The summed E-state index contributed by atoms with van der Waals surface area (Å²) in [5.74, 6) is -1.50. The molecule has 0 radical (unpaired) electrons. The minimum Gasteiger partial charge on any atom is -0.464 e. The number of rotatable bonds is 5. The molecule has 0 saturated heterocycles. The van der Waals surface area contributed by atoms with Crippen molar-refractivity contribution in [1.29, 1.82) is 0 Å². The normalized spacial score (nSPS) is 11.5. The lowest BCUT2D eigenvalue weighted by Crippen LogP contribution is -2.28. The van der Waals surface area contributed by atoms with E-state index in [2.05, 4.69) is 16.1 Å². The van der Waals surface area contributed by atoms with E-state index in [1.54, 1.807) is 6.92 Å². The fourth-order valence-electron chi connectivity index (χ4n) is 0.526. The first-order valence-corrected chi connectivity index (χ1v) is 3.75. The molecule has 0 amide bonds. The molecular weight excluding hydrogens is 176 g/mol. The van der Waals surface area contributed by atoms with Crippen LogP contribution in [0.15, 0.2) is 12.7 Å². The van der Waals surface area contributed by atoms with Crippen molar-refractivity contribution in [2.24, 2.45) is 0 Å². The van der Waals surface area contributed by atoms with Gasteiger partial charge in [-0.05, 0) is 6.92 Å². The molecule has 0 spiro atoms. The van der Waals surface area contributed by atoms with Gasteiger partial charge in [0.15, 0.2) is 6.10 Å². The van der Waals surface area contributed by atoms with Crippen LogP contribution in [0.25, 0.3) is 0 Å². The monoisotopic (exact) mass is 188 g/mol. The molecule has 0 heterocycles. The molecule has 0 bridgehead atoms. The average molecular weight is 188 g/mol. The lowest BCUT2D eigenvalue weighted by molar-refractivity contribution is -0.158. The topological polar surface area (TPSA) is 72.8 Å². The Morgan fingerprint density at radius 2 is 2.15 bits per heavy atom. The van der Waals surface area contributed by atoms with Gasteiger partial charge in [0, 0.05) is 6.08 Å². The Bertz CT molecular complexity index is 199. The predicted octanol–water partition coefficient (Wildman–Crippen LogP) is -0.360. The van der Waals surface area contributed by atoms with Gasteiger partial charge in [0.25, 0.3) is 0 Å². The second-order valence-electron chi connectivity index (χ2n) is 2.10. The predicted molar refractivity (Wildman–Crippen MR) is 43.8 cm³/mol. The van der Waals surface area contributed by atoms with Crippen molar-refractivity contribution in [3.63, 3.8) is 0 Å². The first kappa shape index (κ1) is 11.6. The summed E-state index contributed by atoms with van der Waals surface area (Å²) in [4.78, 5) is 21.2. The summed E-state index contributed by atoms with van der Waals surface area (Å²) in [6.45, 7) is 4.52. The fourth-order valence-corrected chi connectivity index (χ4v) is 0.526. The number of ether oxygens (including phenoxy) is 2. The highest BCUT2D eigenvalue weighted by Crippen LogP contribution is 1.91. The number of aliphatic hydroxyl groups excluding tert-OH is 1. The SMILES string of the molecule is C=CC(=O)OCC(O)C(=O)OCC. The Morgan fingerprint density at radius 1 is 1.54 bits per heavy atom. The second kappa shape index (κ2) is 6.19. The first-order chi connectivity index (χ1) is 6.11. The van der Waals surface area contributed by atoms with Crippen molar-refractivity contribution in [3.05, 3.63) is 12.7 Å². The highest BCUT2D eigenvalue weighted by atomic mass is 16.6. The number of hydrogen-bond acceptors (Lipinski definition) is 5. The third kappa shape index (κ3) is 4.97. The molecule has 0 aliphatic carbocycles. The van der Waals surface area contributed by atoms with Crippen LogP contribution in [0.1, 0.15) is 6.92 Å². The summed E-state index contributed by atoms with van der Waals surface area (Å²) in [7, 11) is 0. The summed E-state index contributed by atoms with van der Waals surface area (Å²) < 4.78 is 8.88. The van der Waals surface area contributed by atoms with Crippen LogP contribution in [-0.4, -0.2) is 36.4 Å². The highest BCUT2D eigenvalue weighted by molar-refractivity contribution is 5.81. The standard InChI is InChI=1S/C8H12O5/c1-3-7(10)13-5-6(9)8(11)12-4-2/h3,6,9H,1,4-5H2,2H3. The maximum Gasteiger partial charge on any atom is 0.338 e. The third-order valence-corrected chi connectivity index (χ3v) is 1.11. The molecule has 0 aromatic heterocycles. The van der Waals surface area contributed by atoms with E-state index in [-0.39, 0.29) is 6.61 Å². The van der Waals surface area contributed by atoms with E-state index in [4.69, 9.17) is 5.11 Å². The molecule has 0 aromatic rings. The van der Waals surface area contributed by atoms with Crippen LogP contribution in [0.4, 0.5) is 0 Å². The van der Waals surface area contributed by atoms with Crippen molar-refractivity contribution in [3.8, 4) is 0 Å². The van der Waals surface area contributed by atoms with E-state index in [0.29, 0.717) is 0 Å². The molecule has 0 aliphatic rings. The van der Waals surface area contributed by atoms with Crippen LogP contribution in [0, 0.1) is 0 Å². The van der Waals surface area contributed by atoms with E-state index >= 15 is 0 Å². The molecule has 1 N–H and O–H groups in total. The zero-order valence-electron chi connectivity index (χ0n) is 7.36. The lowest BCUT2D eigenvalue weighted by Gasteiger charge is -2.08. The first-order valence-electron chi connectivity index (χ1n) is 3.75. The number of esters is 2.